The first-order valence-electron chi connectivity index (χ1n) is 7.77. The van der Waals surface area contributed by atoms with Crippen molar-refractivity contribution >= 4 is 41.2 Å². The minimum absolute atomic E-state index is 0.0378. The second kappa shape index (κ2) is 8.31. The summed E-state index contributed by atoms with van der Waals surface area (Å²) in [5.41, 5.74) is 0. The van der Waals surface area contributed by atoms with E-state index in [0.717, 1.165) is 17.7 Å². The summed E-state index contributed by atoms with van der Waals surface area (Å²) in [7, 11) is 0. The van der Waals surface area contributed by atoms with Gasteiger partial charge in [-0.3, -0.25) is 4.79 Å². The van der Waals surface area contributed by atoms with Crippen LogP contribution in [0.3, 0.4) is 0 Å². The van der Waals surface area contributed by atoms with Crippen LogP contribution in [0.4, 0.5) is 0 Å². The van der Waals surface area contributed by atoms with Crippen LogP contribution < -0.4 is 5.32 Å². The summed E-state index contributed by atoms with van der Waals surface area (Å²) in [6, 6.07) is 4.34. The Labute approximate surface area is 143 Å². The number of nitrogens with zero attached hydrogens (tertiary/aromatic N) is 2. The van der Waals surface area contributed by atoms with Gasteiger partial charge in [0.25, 0.3) is 5.22 Å². The van der Waals surface area contributed by atoms with Crippen LogP contribution >= 0.6 is 23.1 Å². The first-order valence-corrected chi connectivity index (χ1v) is 9.63. The van der Waals surface area contributed by atoms with Crippen molar-refractivity contribution in [2.45, 2.75) is 43.4 Å². The molecule has 1 N–H and O–H groups in total. The van der Waals surface area contributed by atoms with E-state index in [4.69, 9.17) is 4.42 Å². The first-order chi connectivity index (χ1) is 11.3. The monoisotopic (exact) mass is 349 g/mol. The molecule has 1 amide bonds. The fourth-order valence-electron chi connectivity index (χ4n) is 2.53. The van der Waals surface area contributed by atoms with Gasteiger partial charge in [-0.15, -0.1) is 21.5 Å². The Balaban J connectivity index is 1.44. The summed E-state index contributed by atoms with van der Waals surface area (Å²) in [5, 5.41) is 13.4. The third-order valence-electron chi connectivity index (χ3n) is 3.65. The summed E-state index contributed by atoms with van der Waals surface area (Å²) in [4.78, 5) is 13.1. The SMILES string of the molecule is O=C(CSc1nnc(/C=C/c2cccs2)o1)NC1CCCCC1. The fourth-order valence-corrected chi connectivity index (χ4v) is 3.73. The lowest BCUT2D eigenvalue weighted by Gasteiger charge is -2.22. The quantitative estimate of drug-likeness (QED) is 0.803. The lowest BCUT2D eigenvalue weighted by Crippen LogP contribution is -2.37. The van der Waals surface area contributed by atoms with E-state index < -0.39 is 0 Å². The maximum Gasteiger partial charge on any atom is 0.277 e. The van der Waals surface area contributed by atoms with Crippen LogP contribution in [0.5, 0.6) is 0 Å². The number of rotatable bonds is 6. The summed E-state index contributed by atoms with van der Waals surface area (Å²) >= 11 is 2.92. The van der Waals surface area contributed by atoms with E-state index >= 15 is 0 Å². The van der Waals surface area contributed by atoms with Gasteiger partial charge in [0.15, 0.2) is 0 Å². The zero-order chi connectivity index (χ0) is 15.9. The van der Waals surface area contributed by atoms with E-state index in [9.17, 15) is 4.79 Å². The zero-order valence-corrected chi connectivity index (χ0v) is 14.4. The Morgan fingerprint density at radius 2 is 2.22 bits per heavy atom. The molecule has 0 atom stereocenters. The second-order valence-corrected chi connectivity index (χ2v) is 7.35. The van der Waals surface area contributed by atoms with Crippen LogP contribution in [0.2, 0.25) is 0 Å². The molecule has 0 radical (unpaired) electrons. The molecule has 3 rings (SSSR count). The summed E-state index contributed by atoms with van der Waals surface area (Å²) in [6.07, 6.45) is 9.60. The Bertz CT molecular complexity index is 646. The van der Waals surface area contributed by atoms with Crippen molar-refractivity contribution in [3.8, 4) is 0 Å². The van der Waals surface area contributed by atoms with Gasteiger partial charge in [-0.25, -0.2) is 0 Å². The Morgan fingerprint density at radius 1 is 1.35 bits per heavy atom. The number of hydrogen-bond donors (Lipinski definition) is 1. The van der Waals surface area contributed by atoms with Crippen LogP contribution in [0.25, 0.3) is 12.2 Å². The van der Waals surface area contributed by atoms with E-state index in [2.05, 4.69) is 15.5 Å². The molecule has 1 saturated carbocycles. The van der Waals surface area contributed by atoms with Crippen molar-refractivity contribution in [3.63, 3.8) is 0 Å². The van der Waals surface area contributed by atoms with E-state index in [1.165, 1.54) is 31.0 Å². The highest BCUT2D eigenvalue weighted by Gasteiger charge is 2.16. The molecular formula is C16H19N3O2S2. The van der Waals surface area contributed by atoms with Crippen LogP contribution in [-0.2, 0) is 4.79 Å². The lowest BCUT2D eigenvalue weighted by molar-refractivity contribution is -0.119. The van der Waals surface area contributed by atoms with Gasteiger partial charge in [0.05, 0.1) is 5.75 Å². The van der Waals surface area contributed by atoms with Crippen molar-refractivity contribution in [2.24, 2.45) is 0 Å². The number of carbonyl (C=O) groups is 1. The Hall–Kier alpha value is -1.60. The highest BCUT2D eigenvalue weighted by molar-refractivity contribution is 7.99. The number of hydrogen-bond acceptors (Lipinski definition) is 6. The fraction of sp³-hybridized carbons (Fsp3) is 0.438. The standard InChI is InChI=1S/C16H19N3O2S2/c20-14(17-12-5-2-1-3-6-12)11-23-16-19-18-15(21-16)9-8-13-7-4-10-22-13/h4,7-10,12H,1-3,5-6,11H2,(H,17,20)/b9-8+. The van der Waals surface area contributed by atoms with Gasteiger partial charge in [-0.1, -0.05) is 37.1 Å². The van der Waals surface area contributed by atoms with Crippen LogP contribution in [0, 0.1) is 0 Å². The number of nitrogens with one attached hydrogen (secondary N) is 1. The molecular weight excluding hydrogens is 330 g/mol. The molecule has 0 spiro atoms. The Morgan fingerprint density at radius 3 is 3.00 bits per heavy atom. The first kappa shape index (κ1) is 16.3. The van der Waals surface area contributed by atoms with Crippen molar-refractivity contribution in [1.29, 1.82) is 0 Å². The molecule has 2 aromatic heterocycles. The summed E-state index contributed by atoms with van der Waals surface area (Å²) in [6.45, 7) is 0. The van der Waals surface area contributed by atoms with Crippen LogP contribution in [0.1, 0.15) is 42.9 Å². The van der Waals surface area contributed by atoms with Crippen LogP contribution in [0.15, 0.2) is 27.2 Å². The van der Waals surface area contributed by atoms with Gasteiger partial charge in [0.1, 0.15) is 0 Å². The van der Waals surface area contributed by atoms with Gasteiger partial charge in [0, 0.05) is 17.0 Å². The molecule has 23 heavy (non-hydrogen) atoms. The van der Waals surface area contributed by atoms with E-state index in [1.54, 1.807) is 17.4 Å². The van der Waals surface area contributed by atoms with Gasteiger partial charge in [-0.05, 0) is 30.4 Å². The summed E-state index contributed by atoms with van der Waals surface area (Å²) < 4.78 is 5.50. The predicted molar refractivity (Wildman–Crippen MR) is 93.3 cm³/mol. The molecule has 122 valence electrons. The lowest BCUT2D eigenvalue weighted by atomic mass is 9.95. The number of thioether (sulfide) groups is 1. The largest absolute Gasteiger partial charge is 0.412 e. The van der Waals surface area contributed by atoms with Crippen molar-refractivity contribution in [3.05, 3.63) is 28.3 Å². The van der Waals surface area contributed by atoms with Crippen molar-refractivity contribution in [1.82, 2.24) is 15.5 Å². The zero-order valence-electron chi connectivity index (χ0n) is 12.7. The van der Waals surface area contributed by atoms with E-state index in [0.29, 0.717) is 22.9 Å². The molecule has 7 heteroatoms. The minimum atomic E-state index is 0.0378. The summed E-state index contributed by atoms with van der Waals surface area (Å²) in [5.74, 6) is 0.802. The molecule has 2 heterocycles. The average molecular weight is 349 g/mol. The number of aromatic nitrogens is 2. The van der Waals surface area contributed by atoms with Gasteiger partial charge >= 0.3 is 0 Å². The topological polar surface area (TPSA) is 68.0 Å². The molecule has 0 aromatic carbocycles. The normalized spacial score (nSPS) is 16.0. The van der Waals surface area contributed by atoms with Crippen LogP contribution in [-0.4, -0.2) is 27.9 Å². The third kappa shape index (κ3) is 5.21. The molecule has 0 saturated heterocycles. The third-order valence-corrected chi connectivity index (χ3v) is 5.31. The molecule has 1 aliphatic rings. The van der Waals surface area contributed by atoms with Crippen molar-refractivity contribution in [2.75, 3.05) is 5.75 Å². The highest BCUT2D eigenvalue weighted by atomic mass is 32.2. The molecule has 5 nitrogen and oxygen atoms in total. The highest BCUT2D eigenvalue weighted by Crippen LogP contribution is 2.20. The van der Waals surface area contributed by atoms with E-state index in [1.807, 2.05) is 23.6 Å². The minimum Gasteiger partial charge on any atom is -0.412 e. The van der Waals surface area contributed by atoms with Gasteiger partial charge in [-0.2, -0.15) is 0 Å². The van der Waals surface area contributed by atoms with Crippen molar-refractivity contribution < 1.29 is 9.21 Å². The maximum atomic E-state index is 11.9. The van der Waals surface area contributed by atoms with E-state index in [-0.39, 0.29) is 5.91 Å². The molecule has 0 unspecified atom stereocenters. The molecule has 2 aromatic rings. The number of carbonyl (C=O) groups excluding carboxylic acids is 1. The molecule has 1 aliphatic carbocycles. The molecule has 0 aliphatic heterocycles. The molecule has 0 bridgehead atoms. The number of amides is 1. The molecule has 1 fully saturated rings. The number of thiophene rings is 1. The smallest absolute Gasteiger partial charge is 0.277 e. The maximum absolute atomic E-state index is 11.9. The predicted octanol–water partition coefficient (Wildman–Crippen LogP) is 3.84. The second-order valence-electron chi connectivity index (χ2n) is 5.45. The van der Waals surface area contributed by atoms with Gasteiger partial charge in [0.2, 0.25) is 11.8 Å². The average Bonchev–Trinajstić information content (AvgIpc) is 3.24. The van der Waals surface area contributed by atoms with Gasteiger partial charge < -0.3 is 9.73 Å². The Kier molecular flexibility index (Phi) is 5.87.